The van der Waals surface area contributed by atoms with E-state index in [1.807, 2.05) is 6.07 Å². The van der Waals surface area contributed by atoms with Crippen LogP contribution in [0.2, 0.25) is 0 Å². The number of nitrogens with zero attached hydrogens (tertiary/aromatic N) is 1. The van der Waals surface area contributed by atoms with Gasteiger partial charge in [-0.2, -0.15) is 5.26 Å². The van der Waals surface area contributed by atoms with Crippen LogP contribution in [-0.2, 0) is 6.54 Å². The third-order valence-electron chi connectivity index (χ3n) is 3.13. The highest BCUT2D eigenvalue weighted by atomic mass is 19.1. The van der Waals surface area contributed by atoms with Crippen molar-refractivity contribution in [1.29, 1.82) is 5.26 Å². The monoisotopic (exact) mass is 286 g/mol. The van der Waals surface area contributed by atoms with Crippen LogP contribution < -0.4 is 5.32 Å². The van der Waals surface area contributed by atoms with Crippen molar-refractivity contribution in [2.45, 2.75) is 19.9 Å². The molecule has 0 aliphatic rings. The third-order valence-corrected chi connectivity index (χ3v) is 3.13. The number of hydrogen-bond acceptors (Lipinski definition) is 2. The van der Waals surface area contributed by atoms with Gasteiger partial charge in [-0.1, -0.05) is 19.1 Å². The van der Waals surface area contributed by atoms with Crippen LogP contribution in [0, 0.1) is 23.0 Å². The topological polar surface area (TPSA) is 35.8 Å². The van der Waals surface area contributed by atoms with Gasteiger partial charge in [-0.3, -0.25) is 0 Å². The molecule has 0 unspecified atom stereocenters. The first-order valence-electron chi connectivity index (χ1n) is 6.84. The molecule has 21 heavy (non-hydrogen) atoms. The van der Waals surface area contributed by atoms with Crippen molar-refractivity contribution >= 4 is 0 Å². The first-order chi connectivity index (χ1) is 10.1. The molecule has 2 aromatic rings. The van der Waals surface area contributed by atoms with Crippen molar-refractivity contribution in [3.05, 3.63) is 59.2 Å². The van der Waals surface area contributed by atoms with E-state index in [0.29, 0.717) is 17.7 Å². The van der Waals surface area contributed by atoms with Gasteiger partial charge in [0.25, 0.3) is 0 Å². The van der Waals surface area contributed by atoms with Crippen LogP contribution in [0.15, 0.2) is 36.4 Å². The van der Waals surface area contributed by atoms with Gasteiger partial charge in [0.2, 0.25) is 0 Å². The molecule has 0 fully saturated rings. The maximum Gasteiger partial charge on any atom is 0.131 e. The molecule has 2 aromatic carbocycles. The molecule has 0 spiro atoms. The fourth-order valence-corrected chi connectivity index (χ4v) is 2.12. The Balaban J connectivity index is 2.29. The van der Waals surface area contributed by atoms with E-state index in [-0.39, 0.29) is 5.56 Å². The minimum Gasteiger partial charge on any atom is -0.313 e. The molecule has 4 heteroatoms. The molecule has 0 aliphatic heterocycles. The van der Waals surface area contributed by atoms with E-state index in [1.54, 1.807) is 12.1 Å². The second kappa shape index (κ2) is 6.96. The summed E-state index contributed by atoms with van der Waals surface area (Å²) < 4.78 is 27.6. The Hall–Kier alpha value is -2.25. The van der Waals surface area contributed by atoms with Crippen molar-refractivity contribution in [1.82, 2.24) is 5.32 Å². The van der Waals surface area contributed by atoms with Crippen molar-refractivity contribution in [3.63, 3.8) is 0 Å². The summed E-state index contributed by atoms with van der Waals surface area (Å²) in [6.07, 6.45) is 1.01. The van der Waals surface area contributed by atoms with Gasteiger partial charge in [-0.25, -0.2) is 8.78 Å². The van der Waals surface area contributed by atoms with Crippen LogP contribution in [0.5, 0.6) is 0 Å². The molecule has 0 atom stereocenters. The van der Waals surface area contributed by atoms with Gasteiger partial charge in [0.05, 0.1) is 11.6 Å². The summed E-state index contributed by atoms with van der Waals surface area (Å²) in [5.41, 5.74) is 1.68. The van der Waals surface area contributed by atoms with Gasteiger partial charge in [0, 0.05) is 12.1 Å². The van der Waals surface area contributed by atoms with Gasteiger partial charge in [0.15, 0.2) is 0 Å². The minimum atomic E-state index is -0.544. The molecule has 108 valence electrons. The SMILES string of the molecule is CCCNCc1ccc(-c2cc(F)cc(C#N)c2)c(F)c1. The molecule has 2 rings (SSSR count). The highest BCUT2D eigenvalue weighted by molar-refractivity contribution is 5.66. The zero-order chi connectivity index (χ0) is 15.2. The molecule has 0 aromatic heterocycles. The number of halogens is 2. The smallest absolute Gasteiger partial charge is 0.131 e. The maximum absolute atomic E-state index is 14.2. The predicted octanol–water partition coefficient (Wildman–Crippen LogP) is 4.00. The zero-order valence-corrected chi connectivity index (χ0v) is 11.8. The summed E-state index contributed by atoms with van der Waals surface area (Å²) in [6, 6.07) is 10.6. The lowest BCUT2D eigenvalue weighted by Gasteiger charge is -2.08. The Morgan fingerprint density at radius 3 is 2.62 bits per heavy atom. The lowest BCUT2D eigenvalue weighted by Crippen LogP contribution is -2.13. The number of benzene rings is 2. The van der Waals surface area contributed by atoms with Gasteiger partial charge >= 0.3 is 0 Å². The zero-order valence-electron chi connectivity index (χ0n) is 11.8. The summed E-state index contributed by atoms with van der Waals surface area (Å²) in [5.74, 6) is -0.961. The predicted molar refractivity (Wildman–Crippen MR) is 78.5 cm³/mol. The van der Waals surface area contributed by atoms with Crippen molar-refractivity contribution in [2.24, 2.45) is 0 Å². The molecule has 0 radical (unpaired) electrons. The van der Waals surface area contributed by atoms with Crippen molar-refractivity contribution < 1.29 is 8.78 Å². The number of rotatable bonds is 5. The Morgan fingerprint density at radius 1 is 1.14 bits per heavy atom. The van der Waals surface area contributed by atoms with Crippen LogP contribution in [0.3, 0.4) is 0 Å². The molecule has 0 aliphatic carbocycles. The third kappa shape index (κ3) is 3.87. The van der Waals surface area contributed by atoms with Gasteiger partial charge in [0.1, 0.15) is 11.6 Å². The summed E-state index contributed by atoms with van der Waals surface area (Å²) >= 11 is 0. The molecule has 1 N–H and O–H groups in total. The van der Waals surface area contributed by atoms with E-state index >= 15 is 0 Å². The van der Waals surface area contributed by atoms with Gasteiger partial charge < -0.3 is 5.32 Å². The second-order valence-corrected chi connectivity index (χ2v) is 4.83. The average Bonchev–Trinajstić information content (AvgIpc) is 2.47. The van der Waals surface area contributed by atoms with E-state index in [4.69, 9.17) is 5.26 Å². The number of nitrogens with one attached hydrogen (secondary N) is 1. The first-order valence-corrected chi connectivity index (χ1v) is 6.84. The van der Waals surface area contributed by atoms with Crippen LogP contribution in [0.25, 0.3) is 11.1 Å². The van der Waals surface area contributed by atoms with E-state index < -0.39 is 11.6 Å². The van der Waals surface area contributed by atoms with E-state index in [1.165, 1.54) is 18.2 Å². The Kier molecular flexibility index (Phi) is 5.02. The van der Waals surface area contributed by atoms with Crippen molar-refractivity contribution in [2.75, 3.05) is 6.54 Å². The molecule has 0 saturated heterocycles. The average molecular weight is 286 g/mol. The van der Waals surface area contributed by atoms with Crippen molar-refractivity contribution in [3.8, 4) is 17.2 Å². The normalized spacial score (nSPS) is 10.4. The lowest BCUT2D eigenvalue weighted by atomic mass is 10.0. The van der Waals surface area contributed by atoms with Gasteiger partial charge in [-0.05, 0) is 48.4 Å². The van der Waals surface area contributed by atoms with Gasteiger partial charge in [-0.15, -0.1) is 0 Å². The Bertz CT molecular complexity index is 675. The molecule has 0 heterocycles. The molecule has 0 saturated carbocycles. The Morgan fingerprint density at radius 2 is 1.95 bits per heavy atom. The van der Waals surface area contributed by atoms with Crippen LogP contribution in [0.4, 0.5) is 8.78 Å². The Labute approximate surface area is 123 Å². The fraction of sp³-hybridized carbons (Fsp3) is 0.235. The largest absolute Gasteiger partial charge is 0.313 e. The molecule has 0 bridgehead atoms. The quantitative estimate of drug-likeness (QED) is 0.843. The highest BCUT2D eigenvalue weighted by Crippen LogP contribution is 2.25. The van der Waals surface area contributed by atoms with E-state index in [2.05, 4.69) is 12.2 Å². The lowest BCUT2D eigenvalue weighted by molar-refractivity contribution is 0.619. The van der Waals surface area contributed by atoms with Crippen LogP contribution in [0.1, 0.15) is 24.5 Å². The number of nitriles is 1. The highest BCUT2D eigenvalue weighted by Gasteiger charge is 2.09. The molecule has 2 nitrogen and oxygen atoms in total. The van der Waals surface area contributed by atoms with E-state index in [0.717, 1.165) is 24.6 Å². The maximum atomic E-state index is 14.2. The van der Waals surface area contributed by atoms with Crippen LogP contribution in [-0.4, -0.2) is 6.54 Å². The first kappa shape index (κ1) is 15.1. The van der Waals surface area contributed by atoms with Crippen LogP contribution >= 0.6 is 0 Å². The molecule has 0 amide bonds. The molecular formula is C17H16F2N2. The summed E-state index contributed by atoms with van der Waals surface area (Å²) in [6.45, 7) is 3.53. The van der Waals surface area contributed by atoms with E-state index in [9.17, 15) is 8.78 Å². The number of hydrogen-bond donors (Lipinski definition) is 1. The fourth-order valence-electron chi connectivity index (χ4n) is 2.12. The summed E-state index contributed by atoms with van der Waals surface area (Å²) in [4.78, 5) is 0. The second-order valence-electron chi connectivity index (χ2n) is 4.83. The standard InChI is InChI=1S/C17H16F2N2/c1-2-5-21-11-12-3-4-16(17(19)8-12)14-6-13(10-20)7-15(18)9-14/h3-4,6-9,21H,2,5,11H2,1H3. The summed E-state index contributed by atoms with van der Waals surface area (Å²) in [7, 11) is 0. The summed E-state index contributed by atoms with van der Waals surface area (Å²) in [5, 5.41) is 12.0. The minimum absolute atomic E-state index is 0.179. The molecular weight excluding hydrogens is 270 g/mol.